The van der Waals surface area contributed by atoms with E-state index >= 15 is 0 Å². The maximum absolute atomic E-state index is 5.43. The van der Waals surface area contributed by atoms with Crippen LogP contribution < -0.4 is 5.32 Å². The maximum atomic E-state index is 5.43. The Kier molecular flexibility index (Phi) is 8.66. The molecule has 1 aliphatic heterocycles. The fourth-order valence-corrected chi connectivity index (χ4v) is 3.38. The van der Waals surface area contributed by atoms with E-state index in [4.69, 9.17) is 9.41 Å². The maximum Gasteiger partial charge on any atom is 0.194 e. The summed E-state index contributed by atoms with van der Waals surface area (Å²) in [7, 11) is 0. The van der Waals surface area contributed by atoms with Gasteiger partial charge in [-0.1, -0.05) is 13.8 Å². The average molecular weight is 485 g/mol. The molecule has 27 heavy (non-hydrogen) atoms. The van der Waals surface area contributed by atoms with Crippen molar-refractivity contribution in [2.45, 2.75) is 52.1 Å². The van der Waals surface area contributed by atoms with E-state index in [2.05, 4.69) is 46.7 Å². The fourth-order valence-electron chi connectivity index (χ4n) is 3.38. The summed E-state index contributed by atoms with van der Waals surface area (Å²) in [6, 6.07) is 4.78. The lowest BCUT2D eigenvalue weighted by Crippen LogP contribution is -2.51. The van der Waals surface area contributed by atoms with E-state index in [-0.39, 0.29) is 24.0 Å². The summed E-state index contributed by atoms with van der Waals surface area (Å²) >= 11 is 0. The first-order valence-electron chi connectivity index (χ1n) is 9.73. The van der Waals surface area contributed by atoms with Gasteiger partial charge in [0.1, 0.15) is 5.76 Å². The van der Waals surface area contributed by atoms with Crippen molar-refractivity contribution in [1.29, 1.82) is 0 Å². The zero-order valence-corrected chi connectivity index (χ0v) is 18.9. The van der Waals surface area contributed by atoms with Gasteiger partial charge < -0.3 is 19.2 Å². The van der Waals surface area contributed by atoms with Gasteiger partial charge in [-0.3, -0.25) is 4.99 Å². The molecule has 0 bridgehead atoms. The third kappa shape index (κ3) is 5.99. The van der Waals surface area contributed by atoms with E-state index in [0.29, 0.717) is 18.0 Å². The van der Waals surface area contributed by atoms with Gasteiger partial charge in [-0.05, 0) is 37.8 Å². The van der Waals surface area contributed by atoms with Crippen LogP contribution in [-0.4, -0.2) is 46.1 Å². The van der Waals surface area contributed by atoms with Crippen molar-refractivity contribution in [2.75, 3.05) is 19.6 Å². The van der Waals surface area contributed by atoms with Crippen LogP contribution in [0.4, 0.5) is 0 Å². The molecule has 1 saturated heterocycles. The molecule has 3 unspecified atom stereocenters. The largest absolute Gasteiger partial charge is 0.469 e. The molecule has 6 nitrogen and oxygen atoms in total. The fraction of sp³-hybridized carbons (Fsp3) is 0.600. The molecule has 2 aromatic heterocycles. The van der Waals surface area contributed by atoms with Crippen LogP contribution in [0, 0.1) is 5.92 Å². The van der Waals surface area contributed by atoms with Gasteiger partial charge in [0.05, 0.1) is 18.6 Å². The van der Waals surface area contributed by atoms with Crippen LogP contribution in [0.5, 0.6) is 0 Å². The highest BCUT2D eigenvalue weighted by molar-refractivity contribution is 14.0. The summed E-state index contributed by atoms with van der Waals surface area (Å²) in [6.45, 7) is 9.47. The molecule has 3 heterocycles. The molecule has 0 spiro atoms. The van der Waals surface area contributed by atoms with E-state index in [1.807, 2.05) is 24.7 Å². The van der Waals surface area contributed by atoms with Crippen molar-refractivity contribution in [3.05, 3.63) is 42.9 Å². The number of aromatic nitrogens is 2. The minimum Gasteiger partial charge on any atom is -0.469 e. The number of nitrogens with zero attached hydrogens (tertiary/aromatic N) is 4. The quantitative estimate of drug-likeness (QED) is 0.382. The summed E-state index contributed by atoms with van der Waals surface area (Å²) in [5.41, 5.74) is 0. The molecule has 2 aromatic rings. The Labute approximate surface area is 179 Å². The molecule has 7 heteroatoms. The zero-order chi connectivity index (χ0) is 18.4. The van der Waals surface area contributed by atoms with Gasteiger partial charge in [-0.25, -0.2) is 4.98 Å². The SMILES string of the molecule is CCC(C)NC(=NCCc1ccco1)N1CCC(C)C(n2ccnc2)C1.I. The monoisotopic (exact) mass is 485 g/mol. The molecular weight excluding hydrogens is 453 g/mol. The highest BCUT2D eigenvalue weighted by atomic mass is 127. The molecule has 1 fully saturated rings. The van der Waals surface area contributed by atoms with Crippen LogP contribution >= 0.6 is 24.0 Å². The van der Waals surface area contributed by atoms with Gasteiger partial charge >= 0.3 is 0 Å². The van der Waals surface area contributed by atoms with Crippen molar-refractivity contribution < 1.29 is 4.42 Å². The minimum absolute atomic E-state index is 0. The summed E-state index contributed by atoms with van der Waals surface area (Å²) < 4.78 is 7.67. The topological polar surface area (TPSA) is 58.6 Å². The van der Waals surface area contributed by atoms with Crippen LogP contribution in [0.1, 0.15) is 45.4 Å². The molecule has 1 N–H and O–H groups in total. The lowest BCUT2D eigenvalue weighted by molar-refractivity contribution is 0.188. The average Bonchev–Trinajstić information content (AvgIpc) is 3.35. The standard InChI is InChI=1S/C20H31N5O.HI/c1-4-17(3)23-20(22-9-7-18-6-5-13-26-18)24-11-8-16(2)19(14-24)25-12-10-21-15-25;/h5-6,10,12-13,15-17,19H,4,7-9,11,14H2,1-3H3,(H,22,23);1H. The second-order valence-corrected chi connectivity index (χ2v) is 7.28. The number of furan rings is 1. The predicted molar refractivity (Wildman–Crippen MR) is 120 cm³/mol. The number of likely N-dealkylation sites (tertiary alicyclic amines) is 1. The highest BCUT2D eigenvalue weighted by Gasteiger charge is 2.29. The third-order valence-electron chi connectivity index (χ3n) is 5.31. The first-order valence-corrected chi connectivity index (χ1v) is 9.73. The summed E-state index contributed by atoms with van der Waals surface area (Å²) in [5.74, 6) is 2.64. The van der Waals surface area contributed by atoms with E-state index < -0.39 is 0 Å². The van der Waals surface area contributed by atoms with Crippen LogP contribution in [0.2, 0.25) is 0 Å². The molecule has 1 aliphatic rings. The first kappa shape index (κ1) is 21.8. The summed E-state index contributed by atoms with van der Waals surface area (Å²) in [5, 5.41) is 3.62. The molecule has 0 aromatic carbocycles. The predicted octanol–water partition coefficient (Wildman–Crippen LogP) is 3.96. The molecule has 3 rings (SSSR count). The molecule has 0 amide bonds. The third-order valence-corrected chi connectivity index (χ3v) is 5.31. The molecule has 0 saturated carbocycles. The number of aliphatic imine (C=N–C) groups is 1. The minimum atomic E-state index is 0. The van der Waals surface area contributed by atoms with Crippen molar-refractivity contribution in [2.24, 2.45) is 10.9 Å². The number of guanidine groups is 1. The number of nitrogens with one attached hydrogen (secondary N) is 1. The van der Waals surface area contributed by atoms with Gasteiger partial charge in [0.25, 0.3) is 0 Å². The van der Waals surface area contributed by atoms with Crippen molar-refractivity contribution >= 4 is 29.9 Å². The van der Waals surface area contributed by atoms with Crippen LogP contribution in [0.25, 0.3) is 0 Å². The van der Waals surface area contributed by atoms with Gasteiger partial charge in [0, 0.05) is 44.5 Å². The normalized spacial score (nSPS) is 21.6. The Hall–Kier alpha value is -1.51. The van der Waals surface area contributed by atoms with Gasteiger partial charge in [-0.15, -0.1) is 24.0 Å². The summed E-state index contributed by atoms with van der Waals surface area (Å²) in [6.07, 6.45) is 10.6. The van der Waals surface area contributed by atoms with E-state index in [9.17, 15) is 0 Å². The molecule has 3 atom stereocenters. The Morgan fingerprint density at radius 1 is 1.48 bits per heavy atom. The smallest absolute Gasteiger partial charge is 0.194 e. The second kappa shape index (κ2) is 10.7. The van der Waals surface area contributed by atoms with Crippen LogP contribution in [0.3, 0.4) is 0 Å². The van der Waals surface area contributed by atoms with Crippen molar-refractivity contribution in [1.82, 2.24) is 19.8 Å². The number of halogens is 1. The van der Waals surface area contributed by atoms with Crippen LogP contribution in [0.15, 0.2) is 46.5 Å². The number of piperidine rings is 1. The molecule has 0 aliphatic carbocycles. The lowest BCUT2D eigenvalue weighted by atomic mass is 9.93. The second-order valence-electron chi connectivity index (χ2n) is 7.28. The number of rotatable bonds is 6. The Morgan fingerprint density at radius 3 is 3.00 bits per heavy atom. The van der Waals surface area contributed by atoms with E-state index in [0.717, 1.165) is 50.6 Å². The molecule has 150 valence electrons. The van der Waals surface area contributed by atoms with E-state index in [1.165, 1.54) is 0 Å². The zero-order valence-electron chi connectivity index (χ0n) is 16.5. The highest BCUT2D eigenvalue weighted by Crippen LogP contribution is 2.27. The molecule has 0 radical (unpaired) electrons. The van der Waals surface area contributed by atoms with Gasteiger partial charge in [-0.2, -0.15) is 0 Å². The van der Waals surface area contributed by atoms with Crippen molar-refractivity contribution in [3.63, 3.8) is 0 Å². The lowest BCUT2D eigenvalue weighted by Gasteiger charge is -2.40. The Balaban J connectivity index is 0.00000261. The number of imidazole rings is 1. The summed E-state index contributed by atoms with van der Waals surface area (Å²) in [4.78, 5) is 11.5. The van der Waals surface area contributed by atoms with E-state index in [1.54, 1.807) is 6.26 Å². The Morgan fingerprint density at radius 2 is 2.33 bits per heavy atom. The molecular formula is C20H32IN5O. The first-order chi connectivity index (χ1) is 12.7. The Bertz CT molecular complexity index is 671. The van der Waals surface area contributed by atoms with Gasteiger partial charge in [0.2, 0.25) is 0 Å². The number of hydrogen-bond donors (Lipinski definition) is 1. The van der Waals surface area contributed by atoms with Gasteiger partial charge in [0.15, 0.2) is 5.96 Å². The van der Waals surface area contributed by atoms with Crippen molar-refractivity contribution in [3.8, 4) is 0 Å². The number of hydrogen-bond acceptors (Lipinski definition) is 3. The van der Waals surface area contributed by atoms with Crippen LogP contribution in [-0.2, 0) is 6.42 Å².